The third-order valence-corrected chi connectivity index (χ3v) is 3.00. The average Bonchev–Trinajstić information content (AvgIpc) is 1.90. The number of hydrogen-bond acceptors (Lipinski definition) is 4. The Morgan fingerprint density at radius 3 is 2.57 bits per heavy atom. The van der Waals surface area contributed by atoms with Gasteiger partial charge in [-0.15, -0.1) is 0 Å². The highest BCUT2D eigenvalue weighted by molar-refractivity contribution is 7.86. The molecule has 0 bridgehead atoms. The molecule has 0 aromatic rings. The van der Waals surface area contributed by atoms with Crippen molar-refractivity contribution in [1.82, 2.24) is 9.62 Å². The smallest absolute Gasteiger partial charge is 0.304 e. The molecule has 1 aliphatic heterocycles. The van der Waals surface area contributed by atoms with E-state index in [1.165, 1.54) is 0 Å². The zero-order chi connectivity index (χ0) is 10.8. The molecule has 14 heavy (non-hydrogen) atoms. The van der Waals surface area contributed by atoms with Gasteiger partial charge in [0.05, 0.1) is 6.42 Å². The highest BCUT2D eigenvalue weighted by atomic mass is 32.2. The van der Waals surface area contributed by atoms with Crippen molar-refractivity contribution < 1.29 is 18.3 Å². The Hall–Kier alpha value is -0.700. The fourth-order valence-corrected chi connectivity index (χ4v) is 1.93. The number of nitrogens with zero attached hydrogens (tertiary/aromatic N) is 1. The molecule has 4 N–H and O–H groups in total. The molecule has 82 valence electrons. The lowest BCUT2D eigenvalue weighted by Gasteiger charge is -2.37. The number of hydrogen-bond donors (Lipinski definition) is 3. The van der Waals surface area contributed by atoms with Crippen molar-refractivity contribution in [2.75, 3.05) is 19.6 Å². The molecule has 1 heterocycles. The summed E-state index contributed by atoms with van der Waals surface area (Å²) < 4.78 is 22.6. The SMILES string of the molecule is NS(=O)(=O)N1CC(NCCC(=O)O)C1. The molecule has 1 aliphatic rings. The Balaban J connectivity index is 2.14. The van der Waals surface area contributed by atoms with E-state index in [9.17, 15) is 13.2 Å². The van der Waals surface area contributed by atoms with Crippen molar-refractivity contribution in [1.29, 1.82) is 0 Å². The van der Waals surface area contributed by atoms with E-state index in [1.54, 1.807) is 0 Å². The monoisotopic (exact) mass is 223 g/mol. The largest absolute Gasteiger partial charge is 0.481 e. The summed E-state index contributed by atoms with van der Waals surface area (Å²) in [5.41, 5.74) is 0. The number of nitrogens with two attached hydrogens (primary N) is 1. The molecular weight excluding hydrogens is 210 g/mol. The van der Waals surface area contributed by atoms with Gasteiger partial charge in [-0.1, -0.05) is 0 Å². The topological polar surface area (TPSA) is 113 Å². The van der Waals surface area contributed by atoms with Crippen LogP contribution in [0.2, 0.25) is 0 Å². The Kier molecular flexibility index (Phi) is 3.43. The second kappa shape index (κ2) is 4.22. The van der Waals surface area contributed by atoms with Gasteiger partial charge in [-0.3, -0.25) is 4.79 Å². The van der Waals surface area contributed by atoms with Crippen molar-refractivity contribution in [2.45, 2.75) is 12.5 Å². The van der Waals surface area contributed by atoms with Gasteiger partial charge in [-0.25, -0.2) is 5.14 Å². The van der Waals surface area contributed by atoms with E-state index in [4.69, 9.17) is 10.2 Å². The van der Waals surface area contributed by atoms with E-state index in [-0.39, 0.29) is 12.5 Å². The number of carboxylic acid groups (broad SMARTS) is 1. The first-order valence-corrected chi connectivity index (χ1v) is 5.63. The minimum atomic E-state index is -3.56. The standard InChI is InChI=1S/C6H13N3O4S/c7-14(12,13)9-3-5(4-9)8-2-1-6(10)11/h5,8H,1-4H2,(H,10,11)(H2,7,12,13). The molecule has 1 saturated heterocycles. The molecule has 0 atom stereocenters. The van der Waals surface area contributed by atoms with Crippen molar-refractivity contribution >= 4 is 16.2 Å². The first-order valence-electron chi connectivity index (χ1n) is 4.12. The highest BCUT2D eigenvalue weighted by Gasteiger charge is 2.32. The number of carbonyl (C=O) groups is 1. The van der Waals surface area contributed by atoms with Crippen LogP contribution in [0, 0.1) is 0 Å². The molecule has 1 fully saturated rings. The van der Waals surface area contributed by atoms with Gasteiger partial charge in [0.2, 0.25) is 0 Å². The summed E-state index contributed by atoms with van der Waals surface area (Å²) in [5, 5.41) is 16.1. The van der Waals surface area contributed by atoms with Crippen molar-refractivity contribution in [3.05, 3.63) is 0 Å². The normalized spacial score (nSPS) is 19.2. The fraction of sp³-hybridized carbons (Fsp3) is 0.833. The molecule has 0 aromatic heterocycles. The van der Waals surface area contributed by atoms with Crippen LogP contribution in [-0.2, 0) is 15.0 Å². The zero-order valence-corrected chi connectivity index (χ0v) is 8.33. The van der Waals surface area contributed by atoms with E-state index in [0.29, 0.717) is 19.6 Å². The number of aliphatic carboxylic acids is 1. The van der Waals surface area contributed by atoms with E-state index in [0.717, 1.165) is 4.31 Å². The van der Waals surface area contributed by atoms with Gasteiger partial charge < -0.3 is 10.4 Å². The molecule has 0 aromatic carbocycles. The van der Waals surface area contributed by atoms with Crippen molar-refractivity contribution in [2.24, 2.45) is 5.14 Å². The van der Waals surface area contributed by atoms with Gasteiger partial charge in [0.1, 0.15) is 0 Å². The maximum absolute atomic E-state index is 10.7. The number of carboxylic acids is 1. The Morgan fingerprint density at radius 2 is 2.14 bits per heavy atom. The summed E-state index contributed by atoms with van der Waals surface area (Å²) in [4.78, 5) is 10.1. The first-order chi connectivity index (χ1) is 6.39. The van der Waals surface area contributed by atoms with E-state index in [2.05, 4.69) is 5.32 Å². The van der Waals surface area contributed by atoms with Gasteiger partial charge in [-0.05, 0) is 0 Å². The second-order valence-corrected chi connectivity index (χ2v) is 4.70. The third-order valence-electron chi connectivity index (χ3n) is 1.98. The Labute approximate surface area is 82.1 Å². The van der Waals surface area contributed by atoms with Gasteiger partial charge in [0.15, 0.2) is 0 Å². The number of rotatable bonds is 5. The van der Waals surface area contributed by atoms with E-state index in [1.807, 2.05) is 0 Å². The van der Waals surface area contributed by atoms with Crippen LogP contribution in [-0.4, -0.2) is 49.5 Å². The Morgan fingerprint density at radius 1 is 1.57 bits per heavy atom. The van der Waals surface area contributed by atoms with Crippen LogP contribution >= 0.6 is 0 Å². The molecule has 0 saturated carbocycles. The zero-order valence-electron chi connectivity index (χ0n) is 7.51. The molecule has 8 heteroatoms. The lowest BCUT2D eigenvalue weighted by molar-refractivity contribution is -0.136. The minimum absolute atomic E-state index is 0.0210. The highest BCUT2D eigenvalue weighted by Crippen LogP contribution is 2.09. The maximum Gasteiger partial charge on any atom is 0.304 e. The van der Waals surface area contributed by atoms with Crippen LogP contribution in [0.4, 0.5) is 0 Å². The van der Waals surface area contributed by atoms with E-state index < -0.39 is 16.2 Å². The minimum Gasteiger partial charge on any atom is -0.481 e. The summed E-state index contributed by atoms with van der Waals surface area (Å²) >= 11 is 0. The van der Waals surface area contributed by atoms with Crippen molar-refractivity contribution in [3.8, 4) is 0 Å². The molecule has 7 nitrogen and oxygen atoms in total. The lowest BCUT2D eigenvalue weighted by atomic mass is 10.2. The molecule has 0 spiro atoms. The molecular formula is C6H13N3O4S. The average molecular weight is 223 g/mol. The fourth-order valence-electron chi connectivity index (χ4n) is 1.16. The summed E-state index contributed by atoms with van der Waals surface area (Å²) in [6, 6.07) is 0.0210. The van der Waals surface area contributed by atoms with Crippen LogP contribution in [0.5, 0.6) is 0 Å². The van der Waals surface area contributed by atoms with Crippen LogP contribution in [0.3, 0.4) is 0 Å². The summed E-state index contributed by atoms with van der Waals surface area (Å²) in [6.45, 7) is 0.982. The number of nitrogens with one attached hydrogen (secondary N) is 1. The molecule has 0 amide bonds. The predicted octanol–water partition coefficient (Wildman–Crippen LogP) is -2.06. The Bertz CT molecular complexity index is 309. The van der Waals surface area contributed by atoms with Gasteiger partial charge in [0.25, 0.3) is 10.2 Å². The lowest BCUT2D eigenvalue weighted by Crippen LogP contribution is -2.61. The summed E-state index contributed by atoms with van der Waals surface area (Å²) in [5.74, 6) is -0.875. The maximum atomic E-state index is 10.7. The molecule has 0 radical (unpaired) electrons. The van der Waals surface area contributed by atoms with Gasteiger partial charge in [-0.2, -0.15) is 12.7 Å². The third kappa shape index (κ3) is 3.22. The van der Waals surface area contributed by atoms with Crippen LogP contribution in [0.15, 0.2) is 0 Å². The van der Waals surface area contributed by atoms with Crippen LogP contribution < -0.4 is 10.5 Å². The summed E-state index contributed by atoms with van der Waals surface area (Å²) in [7, 11) is -3.56. The summed E-state index contributed by atoms with van der Waals surface area (Å²) in [6.07, 6.45) is 0.0336. The van der Waals surface area contributed by atoms with Crippen LogP contribution in [0.25, 0.3) is 0 Å². The predicted molar refractivity (Wildman–Crippen MR) is 48.7 cm³/mol. The quantitative estimate of drug-likeness (QED) is 0.496. The van der Waals surface area contributed by atoms with Crippen LogP contribution in [0.1, 0.15) is 6.42 Å². The molecule has 1 rings (SSSR count). The van der Waals surface area contributed by atoms with Crippen molar-refractivity contribution in [3.63, 3.8) is 0 Å². The molecule has 0 aliphatic carbocycles. The van der Waals surface area contributed by atoms with E-state index >= 15 is 0 Å². The van der Waals surface area contributed by atoms with Gasteiger partial charge >= 0.3 is 5.97 Å². The second-order valence-electron chi connectivity index (χ2n) is 3.16. The first kappa shape index (κ1) is 11.4. The molecule has 0 unspecified atom stereocenters. The van der Waals surface area contributed by atoms with Gasteiger partial charge in [0, 0.05) is 25.7 Å².